The van der Waals surface area contributed by atoms with E-state index in [1.807, 2.05) is 25.3 Å². The predicted molar refractivity (Wildman–Crippen MR) is 107 cm³/mol. The Morgan fingerprint density at radius 2 is 1.67 bits per heavy atom. The van der Waals surface area contributed by atoms with Gasteiger partial charge < -0.3 is 14.8 Å². The van der Waals surface area contributed by atoms with Gasteiger partial charge in [0.2, 0.25) is 0 Å². The van der Waals surface area contributed by atoms with Gasteiger partial charge in [-0.15, -0.1) is 0 Å². The van der Waals surface area contributed by atoms with Crippen LogP contribution in [0.5, 0.6) is 0 Å². The van der Waals surface area contributed by atoms with E-state index in [2.05, 4.69) is 62.0 Å². The molecule has 0 radical (unpaired) electrons. The molecule has 136 valence electrons. The van der Waals surface area contributed by atoms with Crippen molar-refractivity contribution < 1.29 is 0 Å². The SMILES string of the molecule is Cc1ccc(N2CCN(c3ccc(-c4nc(C#N)c(C)[nH]4)cn3)CC2)cc1. The minimum atomic E-state index is 0.432. The minimum absolute atomic E-state index is 0.432. The number of anilines is 2. The van der Waals surface area contributed by atoms with Gasteiger partial charge in [0.15, 0.2) is 5.69 Å². The molecular formula is C21H22N6. The molecule has 0 saturated carbocycles. The van der Waals surface area contributed by atoms with Crippen molar-refractivity contribution in [1.29, 1.82) is 5.26 Å². The van der Waals surface area contributed by atoms with Crippen LogP contribution in [0.15, 0.2) is 42.6 Å². The van der Waals surface area contributed by atoms with Gasteiger partial charge in [-0.1, -0.05) is 17.7 Å². The number of H-pyrrole nitrogens is 1. The fourth-order valence-corrected chi connectivity index (χ4v) is 3.37. The molecule has 0 atom stereocenters. The summed E-state index contributed by atoms with van der Waals surface area (Å²) < 4.78 is 0. The first-order valence-corrected chi connectivity index (χ1v) is 9.14. The van der Waals surface area contributed by atoms with Gasteiger partial charge >= 0.3 is 0 Å². The Labute approximate surface area is 159 Å². The van der Waals surface area contributed by atoms with Crippen LogP contribution in [0.4, 0.5) is 11.5 Å². The number of pyridine rings is 1. The number of hydrogen-bond acceptors (Lipinski definition) is 5. The largest absolute Gasteiger partial charge is 0.368 e. The number of imidazole rings is 1. The summed E-state index contributed by atoms with van der Waals surface area (Å²) in [6, 6.07) is 14.8. The maximum absolute atomic E-state index is 9.05. The standard InChI is InChI=1S/C21H22N6/c1-15-3-6-18(7-4-15)26-9-11-27(12-10-26)20-8-5-17(14-23-20)21-24-16(2)19(13-22)25-21/h3-8,14H,9-12H2,1-2H3,(H,24,25). The summed E-state index contributed by atoms with van der Waals surface area (Å²) in [7, 11) is 0. The first-order valence-electron chi connectivity index (χ1n) is 9.14. The second kappa shape index (κ2) is 7.12. The predicted octanol–water partition coefficient (Wildman–Crippen LogP) is 3.29. The number of nitrogens with one attached hydrogen (secondary N) is 1. The third kappa shape index (κ3) is 3.49. The van der Waals surface area contributed by atoms with Crippen molar-refractivity contribution in [3.8, 4) is 17.5 Å². The number of hydrogen-bond donors (Lipinski definition) is 1. The lowest BCUT2D eigenvalue weighted by molar-refractivity contribution is 0.647. The van der Waals surface area contributed by atoms with Gasteiger partial charge in [0.1, 0.15) is 17.7 Å². The van der Waals surface area contributed by atoms with Crippen molar-refractivity contribution in [2.24, 2.45) is 0 Å². The van der Waals surface area contributed by atoms with Crippen LogP contribution in [0.3, 0.4) is 0 Å². The van der Waals surface area contributed by atoms with Crippen LogP contribution in [0.2, 0.25) is 0 Å². The van der Waals surface area contributed by atoms with Crippen LogP contribution in [0, 0.1) is 25.2 Å². The van der Waals surface area contributed by atoms with Crippen LogP contribution >= 0.6 is 0 Å². The smallest absolute Gasteiger partial charge is 0.161 e. The van der Waals surface area contributed by atoms with Crippen LogP contribution in [0.25, 0.3) is 11.4 Å². The number of piperazine rings is 1. The lowest BCUT2D eigenvalue weighted by Gasteiger charge is -2.36. The summed E-state index contributed by atoms with van der Waals surface area (Å²) >= 11 is 0. The lowest BCUT2D eigenvalue weighted by Crippen LogP contribution is -2.46. The molecule has 0 spiro atoms. The number of nitrogens with zero attached hydrogens (tertiary/aromatic N) is 5. The highest BCUT2D eigenvalue weighted by atomic mass is 15.3. The number of nitriles is 1. The number of aromatic amines is 1. The van der Waals surface area contributed by atoms with E-state index in [4.69, 9.17) is 5.26 Å². The number of aryl methyl sites for hydroxylation is 2. The molecule has 6 nitrogen and oxygen atoms in total. The topological polar surface area (TPSA) is 71.8 Å². The third-order valence-corrected chi connectivity index (χ3v) is 5.01. The summed E-state index contributed by atoms with van der Waals surface area (Å²) in [5, 5.41) is 9.05. The quantitative estimate of drug-likeness (QED) is 0.778. The van der Waals surface area contributed by atoms with Crippen LogP contribution in [-0.4, -0.2) is 41.1 Å². The summed E-state index contributed by atoms with van der Waals surface area (Å²) in [5.74, 6) is 1.67. The van der Waals surface area contributed by atoms with Crippen molar-refractivity contribution >= 4 is 11.5 Å². The Bertz CT molecular complexity index is 957. The summed E-state index contributed by atoms with van der Waals surface area (Å²) in [4.78, 5) is 16.8. The van der Waals surface area contributed by atoms with Crippen molar-refractivity contribution in [1.82, 2.24) is 15.0 Å². The first kappa shape index (κ1) is 17.1. The van der Waals surface area contributed by atoms with Gasteiger partial charge in [0, 0.05) is 43.6 Å². The zero-order valence-electron chi connectivity index (χ0n) is 15.6. The zero-order valence-corrected chi connectivity index (χ0v) is 15.6. The highest BCUT2D eigenvalue weighted by Gasteiger charge is 2.18. The Hall–Kier alpha value is -3.33. The summed E-state index contributed by atoms with van der Waals surface area (Å²) in [6.45, 7) is 7.81. The van der Waals surface area contributed by atoms with E-state index in [1.54, 1.807) is 0 Å². The Balaban J connectivity index is 1.43. The number of benzene rings is 1. The molecule has 2 aromatic heterocycles. The molecule has 1 saturated heterocycles. The number of rotatable bonds is 3. The average molecular weight is 358 g/mol. The van der Waals surface area contributed by atoms with Crippen molar-refractivity contribution in [2.75, 3.05) is 36.0 Å². The summed E-state index contributed by atoms with van der Waals surface area (Å²) in [6.07, 6.45) is 1.82. The van der Waals surface area contributed by atoms with E-state index in [0.29, 0.717) is 11.5 Å². The Morgan fingerprint density at radius 1 is 0.963 bits per heavy atom. The van der Waals surface area contributed by atoms with Gasteiger partial charge in [0.05, 0.1) is 5.69 Å². The average Bonchev–Trinajstić information content (AvgIpc) is 3.10. The molecule has 27 heavy (non-hydrogen) atoms. The molecule has 4 rings (SSSR count). The highest BCUT2D eigenvalue weighted by molar-refractivity contribution is 5.58. The van der Waals surface area contributed by atoms with Gasteiger partial charge in [0.25, 0.3) is 0 Å². The Kier molecular flexibility index (Phi) is 4.51. The van der Waals surface area contributed by atoms with E-state index in [-0.39, 0.29) is 0 Å². The fraction of sp³-hybridized carbons (Fsp3) is 0.286. The molecule has 1 N–H and O–H groups in total. The van der Waals surface area contributed by atoms with Crippen LogP contribution in [0.1, 0.15) is 17.0 Å². The van der Waals surface area contributed by atoms with Crippen molar-refractivity contribution in [3.05, 3.63) is 59.5 Å². The van der Waals surface area contributed by atoms with Gasteiger partial charge in [-0.3, -0.25) is 0 Å². The molecule has 3 heterocycles. The minimum Gasteiger partial charge on any atom is -0.368 e. The van der Waals surface area contributed by atoms with E-state index in [1.165, 1.54) is 11.3 Å². The second-order valence-electron chi connectivity index (χ2n) is 6.89. The molecule has 1 aliphatic rings. The Morgan fingerprint density at radius 3 is 2.26 bits per heavy atom. The second-order valence-corrected chi connectivity index (χ2v) is 6.89. The zero-order chi connectivity index (χ0) is 18.8. The third-order valence-electron chi connectivity index (χ3n) is 5.01. The molecule has 0 bridgehead atoms. The van der Waals surface area contributed by atoms with Crippen LogP contribution in [-0.2, 0) is 0 Å². The van der Waals surface area contributed by atoms with E-state index in [9.17, 15) is 0 Å². The van der Waals surface area contributed by atoms with E-state index in [0.717, 1.165) is 43.3 Å². The monoisotopic (exact) mass is 358 g/mol. The van der Waals surface area contributed by atoms with Gasteiger partial charge in [-0.25, -0.2) is 9.97 Å². The lowest BCUT2D eigenvalue weighted by atomic mass is 10.2. The molecule has 0 aliphatic carbocycles. The molecule has 1 aliphatic heterocycles. The normalized spacial score (nSPS) is 14.3. The molecule has 3 aromatic rings. The maximum atomic E-state index is 9.05. The highest BCUT2D eigenvalue weighted by Crippen LogP contribution is 2.22. The molecule has 0 amide bonds. The molecule has 1 fully saturated rings. The van der Waals surface area contributed by atoms with E-state index < -0.39 is 0 Å². The molecule has 6 heteroatoms. The molecule has 0 unspecified atom stereocenters. The maximum Gasteiger partial charge on any atom is 0.161 e. The van der Waals surface area contributed by atoms with Crippen molar-refractivity contribution in [3.63, 3.8) is 0 Å². The number of aromatic nitrogens is 3. The van der Waals surface area contributed by atoms with Gasteiger partial charge in [-0.05, 0) is 38.1 Å². The molecule has 1 aromatic carbocycles. The fourth-order valence-electron chi connectivity index (χ4n) is 3.37. The van der Waals surface area contributed by atoms with Gasteiger partial charge in [-0.2, -0.15) is 5.26 Å². The van der Waals surface area contributed by atoms with Crippen LogP contribution < -0.4 is 9.80 Å². The molecular weight excluding hydrogens is 336 g/mol. The van der Waals surface area contributed by atoms with Crippen molar-refractivity contribution in [2.45, 2.75) is 13.8 Å². The summed E-state index contributed by atoms with van der Waals surface area (Å²) in [5.41, 5.74) is 4.67. The first-order chi connectivity index (χ1) is 13.1. The van der Waals surface area contributed by atoms with E-state index >= 15 is 0 Å².